The second-order valence-corrected chi connectivity index (χ2v) is 7.65. The molecule has 1 aliphatic rings. The molecule has 1 fully saturated rings. The van der Waals surface area contributed by atoms with Gasteiger partial charge in [0.15, 0.2) is 0 Å². The first kappa shape index (κ1) is 19.5. The zero-order chi connectivity index (χ0) is 18.6. The average molecular weight is 368 g/mol. The zero-order valence-corrected chi connectivity index (χ0v) is 16.0. The van der Waals surface area contributed by atoms with Crippen LogP contribution in [0.1, 0.15) is 20.8 Å². The molecule has 0 unspecified atom stereocenters. The van der Waals surface area contributed by atoms with Crippen molar-refractivity contribution in [3.05, 3.63) is 23.2 Å². The van der Waals surface area contributed by atoms with E-state index in [4.69, 9.17) is 16.3 Å². The number of halogens is 1. The monoisotopic (exact) mass is 367 g/mol. The summed E-state index contributed by atoms with van der Waals surface area (Å²) in [5.41, 5.74) is 0.185. The minimum Gasteiger partial charge on any atom is -0.495 e. The molecule has 6 nitrogen and oxygen atoms in total. The third kappa shape index (κ3) is 5.34. The van der Waals surface area contributed by atoms with Crippen LogP contribution >= 0.6 is 11.6 Å². The standard InChI is InChI=1S/C18H26ClN3O3/c1-18(2,3)17(24)22-9-7-21(8-10-22)12-16(23)20-14-11-13(19)5-6-15(14)25-4/h5-6,11H,7-10,12H2,1-4H3,(H,20,23). The number of carbonyl (C=O) groups excluding carboxylic acids is 2. The number of nitrogens with one attached hydrogen (secondary N) is 1. The number of piperazine rings is 1. The van der Waals surface area contributed by atoms with Gasteiger partial charge in [-0.15, -0.1) is 0 Å². The summed E-state index contributed by atoms with van der Waals surface area (Å²) in [5, 5.41) is 3.37. The highest BCUT2D eigenvalue weighted by atomic mass is 35.5. The molecule has 1 saturated heterocycles. The van der Waals surface area contributed by atoms with E-state index in [0.29, 0.717) is 42.6 Å². The Labute approximate surface area is 154 Å². The van der Waals surface area contributed by atoms with Crippen LogP contribution < -0.4 is 10.1 Å². The molecule has 1 aromatic carbocycles. The Hall–Kier alpha value is -1.79. The van der Waals surface area contributed by atoms with Gasteiger partial charge in [0.05, 0.1) is 19.3 Å². The van der Waals surface area contributed by atoms with Crippen molar-refractivity contribution in [2.45, 2.75) is 20.8 Å². The van der Waals surface area contributed by atoms with E-state index < -0.39 is 0 Å². The molecule has 0 radical (unpaired) electrons. The normalized spacial score (nSPS) is 15.8. The lowest BCUT2D eigenvalue weighted by atomic mass is 9.94. The van der Waals surface area contributed by atoms with E-state index in [9.17, 15) is 9.59 Å². The summed E-state index contributed by atoms with van der Waals surface area (Å²) in [4.78, 5) is 28.5. The van der Waals surface area contributed by atoms with Crippen molar-refractivity contribution in [2.24, 2.45) is 5.41 Å². The topological polar surface area (TPSA) is 61.9 Å². The van der Waals surface area contributed by atoms with Gasteiger partial charge < -0.3 is 15.0 Å². The average Bonchev–Trinajstić information content (AvgIpc) is 2.54. The molecule has 0 saturated carbocycles. The molecule has 2 rings (SSSR count). The molecule has 0 aromatic heterocycles. The number of methoxy groups -OCH3 is 1. The van der Waals surface area contributed by atoms with Crippen LogP contribution in [-0.4, -0.2) is 61.4 Å². The second-order valence-electron chi connectivity index (χ2n) is 7.21. The number of nitrogens with zero attached hydrogens (tertiary/aromatic N) is 2. The van der Waals surface area contributed by atoms with Gasteiger partial charge in [0.2, 0.25) is 11.8 Å². The smallest absolute Gasteiger partial charge is 0.238 e. The lowest BCUT2D eigenvalue weighted by Gasteiger charge is -2.37. The lowest BCUT2D eigenvalue weighted by molar-refractivity contribution is -0.141. The van der Waals surface area contributed by atoms with Crippen molar-refractivity contribution < 1.29 is 14.3 Å². The summed E-state index contributed by atoms with van der Waals surface area (Å²) < 4.78 is 5.23. The Morgan fingerprint density at radius 3 is 2.40 bits per heavy atom. The number of hydrogen-bond donors (Lipinski definition) is 1. The van der Waals surface area contributed by atoms with Gasteiger partial charge in [-0.3, -0.25) is 14.5 Å². The van der Waals surface area contributed by atoms with Gasteiger partial charge >= 0.3 is 0 Å². The Morgan fingerprint density at radius 1 is 1.20 bits per heavy atom. The molecule has 2 amide bonds. The number of ether oxygens (including phenoxy) is 1. The van der Waals surface area contributed by atoms with Crippen molar-refractivity contribution in [2.75, 3.05) is 45.2 Å². The van der Waals surface area contributed by atoms with Crippen LogP contribution in [0.15, 0.2) is 18.2 Å². The van der Waals surface area contributed by atoms with Crippen LogP contribution in [-0.2, 0) is 9.59 Å². The van der Waals surface area contributed by atoms with E-state index >= 15 is 0 Å². The van der Waals surface area contributed by atoms with E-state index in [1.807, 2.05) is 30.6 Å². The maximum Gasteiger partial charge on any atom is 0.238 e. The summed E-state index contributed by atoms with van der Waals surface area (Å²) in [5.74, 6) is 0.592. The Bertz CT molecular complexity index is 635. The van der Waals surface area contributed by atoms with Crippen molar-refractivity contribution >= 4 is 29.1 Å². The van der Waals surface area contributed by atoms with Gasteiger partial charge in [-0.2, -0.15) is 0 Å². The molecule has 0 bridgehead atoms. The molecular weight excluding hydrogens is 342 g/mol. The summed E-state index contributed by atoms with van der Waals surface area (Å²) in [6.45, 7) is 8.69. The van der Waals surface area contributed by atoms with Crippen molar-refractivity contribution in [1.82, 2.24) is 9.80 Å². The molecule has 1 N–H and O–H groups in total. The molecular formula is C18H26ClN3O3. The second kappa shape index (κ2) is 8.06. The highest BCUT2D eigenvalue weighted by molar-refractivity contribution is 6.31. The Kier molecular flexibility index (Phi) is 6.30. The van der Waals surface area contributed by atoms with E-state index in [1.54, 1.807) is 25.3 Å². The molecule has 7 heteroatoms. The number of benzene rings is 1. The van der Waals surface area contributed by atoms with Crippen LogP contribution in [0, 0.1) is 5.41 Å². The van der Waals surface area contributed by atoms with Crippen LogP contribution in [0.5, 0.6) is 5.75 Å². The van der Waals surface area contributed by atoms with E-state index in [2.05, 4.69) is 5.32 Å². The van der Waals surface area contributed by atoms with Gasteiger partial charge in [0, 0.05) is 36.6 Å². The first-order valence-corrected chi connectivity index (χ1v) is 8.73. The van der Waals surface area contributed by atoms with Crippen LogP contribution in [0.2, 0.25) is 5.02 Å². The summed E-state index contributed by atoms with van der Waals surface area (Å²) >= 11 is 5.98. The van der Waals surface area contributed by atoms with Crippen LogP contribution in [0.4, 0.5) is 5.69 Å². The predicted molar refractivity (Wildman–Crippen MR) is 99.1 cm³/mol. The minimum absolute atomic E-state index is 0.129. The number of anilines is 1. The number of hydrogen-bond acceptors (Lipinski definition) is 4. The molecule has 0 spiro atoms. The highest BCUT2D eigenvalue weighted by Gasteiger charge is 2.30. The molecule has 1 heterocycles. The fraction of sp³-hybridized carbons (Fsp3) is 0.556. The third-order valence-corrected chi connectivity index (χ3v) is 4.34. The van der Waals surface area contributed by atoms with E-state index in [0.717, 1.165) is 0 Å². The molecule has 138 valence electrons. The maximum absolute atomic E-state index is 12.3. The first-order valence-electron chi connectivity index (χ1n) is 8.36. The van der Waals surface area contributed by atoms with E-state index in [1.165, 1.54) is 0 Å². The minimum atomic E-state index is -0.372. The van der Waals surface area contributed by atoms with Gasteiger partial charge in [0.25, 0.3) is 0 Å². The quantitative estimate of drug-likeness (QED) is 0.888. The molecule has 0 aliphatic carbocycles. The largest absolute Gasteiger partial charge is 0.495 e. The number of amides is 2. The van der Waals surface area contributed by atoms with Gasteiger partial charge in [-0.1, -0.05) is 32.4 Å². The Morgan fingerprint density at radius 2 is 1.84 bits per heavy atom. The zero-order valence-electron chi connectivity index (χ0n) is 15.3. The lowest BCUT2D eigenvalue weighted by Crippen LogP contribution is -2.52. The number of carbonyl (C=O) groups is 2. The fourth-order valence-corrected chi connectivity index (χ4v) is 2.93. The maximum atomic E-state index is 12.3. The molecule has 1 aromatic rings. The summed E-state index contributed by atoms with van der Waals surface area (Å²) in [7, 11) is 1.55. The Balaban J connectivity index is 1.87. The van der Waals surface area contributed by atoms with Crippen LogP contribution in [0.25, 0.3) is 0 Å². The molecule has 1 aliphatic heterocycles. The fourth-order valence-electron chi connectivity index (χ4n) is 2.75. The molecule has 25 heavy (non-hydrogen) atoms. The van der Waals surface area contributed by atoms with Gasteiger partial charge in [-0.05, 0) is 18.2 Å². The summed E-state index contributed by atoms with van der Waals surface area (Å²) in [6, 6.07) is 5.09. The summed E-state index contributed by atoms with van der Waals surface area (Å²) in [6.07, 6.45) is 0. The first-order chi connectivity index (χ1) is 11.7. The SMILES string of the molecule is COc1ccc(Cl)cc1NC(=O)CN1CCN(C(=O)C(C)(C)C)CC1. The predicted octanol–water partition coefficient (Wildman–Crippen LogP) is 2.48. The van der Waals surface area contributed by atoms with Gasteiger partial charge in [-0.25, -0.2) is 0 Å². The van der Waals surface area contributed by atoms with Crippen molar-refractivity contribution in [3.8, 4) is 5.75 Å². The number of rotatable bonds is 4. The van der Waals surface area contributed by atoms with Gasteiger partial charge in [0.1, 0.15) is 5.75 Å². The van der Waals surface area contributed by atoms with Crippen LogP contribution in [0.3, 0.4) is 0 Å². The van der Waals surface area contributed by atoms with Crippen molar-refractivity contribution in [3.63, 3.8) is 0 Å². The molecule has 0 atom stereocenters. The third-order valence-electron chi connectivity index (χ3n) is 4.10. The van der Waals surface area contributed by atoms with E-state index in [-0.39, 0.29) is 23.8 Å². The van der Waals surface area contributed by atoms with Crippen molar-refractivity contribution in [1.29, 1.82) is 0 Å². The highest BCUT2D eigenvalue weighted by Crippen LogP contribution is 2.27.